The van der Waals surface area contributed by atoms with E-state index >= 15 is 0 Å². The number of rotatable bonds is 5. The van der Waals surface area contributed by atoms with Crippen LogP contribution >= 0.6 is 0 Å². The van der Waals surface area contributed by atoms with Crippen molar-refractivity contribution in [2.24, 2.45) is 0 Å². The van der Waals surface area contributed by atoms with E-state index in [-0.39, 0.29) is 6.03 Å². The largest absolute Gasteiger partial charge is 0.334 e. The first-order valence-electron chi connectivity index (χ1n) is 6.81. The Hall–Kier alpha value is -2.40. The van der Waals surface area contributed by atoms with Gasteiger partial charge in [-0.05, 0) is 37.4 Å². The lowest BCUT2D eigenvalue weighted by Gasteiger charge is -2.11. The number of nitrogens with one attached hydrogen (secondary N) is 2. The van der Waals surface area contributed by atoms with Gasteiger partial charge in [0.25, 0.3) is 0 Å². The first-order chi connectivity index (χ1) is 10.1. The van der Waals surface area contributed by atoms with Crippen LogP contribution in [-0.4, -0.2) is 30.0 Å². The summed E-state index contributed by atoms with van der Waals surface area (Å²) in [5.41, 5.74) is 2.99. The summed E-state index contributed by atoms with van der Waals surface area (Å²) in [6.07, 6.45) is 3.27. The normalized spacial score (nSPS) is 10.4. The Morgan fingerprint density at radius 3 is 2.71 bits per heavy atom. The number of nitrogens with zero attached hydrogens (tertiary/aromatic N) is 2. The zero-order valence-corrected chi connectivity index (χ0v) is 12.3. The summed E-state index contributed by atoms with van der Waals surface area (Å²) < 4.78 is 0. The number of aromatic nitrogens is 1. The first kappa shape index (κ1) is 15.0. The molecule has 0 fully saturated rings. The summed E-state index contributed by atoms with van der Waals surface area (Å²) in [6, 6.07) is 11.5. The van der Waals surface area contributed by atoms with Gasteiger partial charge in [0.2, 0.25) is 0 Å². The lowest BCUT2D eigenvalue weighted by molar-refractivity contribution is 0.251. The molecule has 110 valence electrons. The molecule has 0 unspecified atom stereocenters. The molecule has 0 bridgehead atoms. The maximum atomic E-state index is 11.8. The predicted molar refractivity (Wildman–Crippen MR) is 83.9 cm³/mol. The van der Waals surface area contributed by atoms with Gasteiger partial charge in [-0.15, -0.1) is 0 Å². The molecule has 5 nitrogen and oxygen atoms in total. The molecule has 0 radical (unpaired) electrons. The molecule has 2 rings (SSSR count). The van der Waals surface area contributed by atoms with Crippen molar-refractivity contribution in [1.82, 2.24) is 15.2 Å². The number of benzene rings is 1. The van der Waals surface area contributed by atoms with Crippen molar-refractivity contribution >= 4 is 11.7 Å². The molecule has 2 amide bonds. The molecule has 0 spiro atoms. The fourth-order valence-electron chi connectivity index (χ4n) is 2.00. The summed E-state index contributed by atoms with van der Waals surface area (Å²) in [5, 5.41) is 5.57. The minimum atomic E-state index is -0.235. The van der Waals surface area contributed by atoms with E-state index in [4.69, 9.17) is 0 Å². The fraction of sp³-hybridized carbons (Fsp3) is 0.250. The molecule has 0 saturated carbocycles. The van der Waals surface area contributed by atoms with Gasteiger partial charge in [0.15, 0.2) is 0 Å². The van der Waals surface area contributed by atoms with Crippen molar-refractivity contribution in [3.8, 4) is 0 Å². The van der Waals surface area contributed by atoms with Crippen LogP contribution in [0, 0.1) is 0 Å². The topological polar surface area (TPSA) is 57.3 Å². The number of hydrogen-bond donors (Lipinski definition) is 2. The third kappa shape index (κ3) is 5.24. The van der Waals surface area contributed by atoms with Crippen LogP contribution in [0.3, 0.4) is 0 Å². The maximum Gasteiger partial charge on any atom is 0.319 e. The summed E-state index contributed by atoms with van der Waals surface area (Å²) >= 11 is 0. The van der Waals surface area contributed by atoms with Crippen molar-refractivity contribution in [3.63, 3.8) is 0 Å². The minimum Gasteiger partial charge on any atom is -0.334 e. The van der Waals surface area contributed by atoms with Crippen LogP contribution in [0.2, 0.25) is 0 Å². The van der Waals surface area contributed by atoms with Crippen molar-refractivity contribution in [2.45, 2.75) is 13.1 Å². The quantitative estimate of drug-likeness (QED) is 0.886. The van der Waals surface area contributed by atoms with Gasteiger partial charge in [0.05, 0.1) is 11.9 Å². The van der Waals surface area contributed by atoms with Crippen LogP contribution in [-0.2, 0) is 13.1 Å². The Balaban J connectivity index is 1.86. The molecule has 0 atom stereocenters. The monoisotopic (exact) mass is 284 g/mol. The van der Waals surface area contributed by atoms with Gasteiger partial charge in [-0.1, -0.05) is 24.3 Å². The number of pyridine rings is 1. The molecule has 2 N–H and O–H groups in total. The number of carbonyl (C=O) groups is 1. The molecule has 5 heteroatoms. The highest BCUT2D eigenvalue weighted by atomic mass is 16.2. The van der Waals surface area contributed by atoms with E-state index in [1.165, 1.54) is 5.56 Å². The predicted octanol–water partition coefficient (Wildman–Crippen LogP) is 2.46. The van der Waals surface area contributed by atoms with Gasteiger partial charge in [-0.25, -0.2) is 4.79 Å². The van der Waals surface area contributed by atoms with Crippen LogP contribution in [0.15, 0.2) is 48.8 Å². The molecule has 21 heavy (non-hydrogen) atoms. The smallest absolute Gasteiger partial charge is 0.319 e. The van der Waals surface area contributed by atoms with Crippen molar-refractivity contribution in [2.75, 3.05) is 19.4 Å². The van der Waals surface area contributed by atoms with Gasteiger partial charge in [-0.2, -0.15) is 0 Å². The summed E-state index contributed by atoms with van der Waals surface area (Å²) in [7, 11) is 4.07. The van der Waals surface area contributed by atoms with Crippen LogP contribution in [0.1, 0.15) is 11.1 Å². The van der Waals surface area contributed by atoms with Gasteiger partial charge >= 0.3 is 6.03 Å². The molecule has 0 aliphatic heterocycles. The van der Waals surface area contributed by atoms with Gasteiger partial charge in [-0.3, -0.25) is 4.98 Å². The zero-order valence-electron chi connectivity index (χ0n) is 12.3. The molecular formula is C16H20N4O. The van der Waals surface area contributed by atoms with E-state index < -0.39 is 0 Å². The van der Waals surface area contributed by atoms with Crippen LogP contribution in [0.25, 0.3) is 0 Å². The fourth-order valence-corrected chi connectivity index (χ4v) is 2.00. The Morgan fingerprint density at radius 1 is 1.19 bits per heavy atom. The molecule has 0 aliphatic rings. The Morgan fingerprint density at radius 2 is 2.00 bits per heavy atom. The average Bonchev–Trinajstić information content (AvgIpc) is 2.46. The SMILES string of the molecule is CN(C)Cc1cccc(CNC(=O)Nc2cccnc2)c1. The van der Waals surface area contributed by atoms with Gasteiger partial charge in [0, 0.05) is 19.3 Å². The second kappa shape index (κ2) is 7.40. The van der Waals surface area contributed by atoms with Crippen molar-refractivity contribution in [1.29, 1.82) is 0 Å². The Kier molecular flexibility index (Phi) is 5.29. The minimum absolute atomic E-state index is 0.235. The van der Waals surface area contributed by atoms with Crippen molar-refractivity contribution < 1.29 is 4.79 Å². The second-order valence-corrected chi connectivity index (χ2v) is 5.11. The highest BCUT2D eigenvalue weighted by molar-refractivity contribution is 5.88. The lowest BCUT2D eigenvalue weighted by atomic mass is 10.1. The van der Waals surface area contributed by atoms with E-state index in [1.807, 2.05) is 26.2 Å². The number of carbonyl (C=O) groups excluding carboxylic acids is 1. The molecule has 1 aromatic carbocycles. The lowest BCUT2D eigenvalue weighted by Crippen LogP contribution is -2.28. The molecule has 0 aliphatic carbocycles. The molecular weight excluding hydrogens is 264 g/mol. The highest BCUT2D eigenvalue weighted by Gasteiger charge is 2.02. The number of urea groups is 1. The molecule has 1 heterocycles. The van der Waals surface area contributed by atoms with Gasteiger partial charge in [0.1, 0.15) is 0 Å². The van der Waals surface area contributed by atoms with E-state index in [0.29, 0.717) is 12.2 Å². The standard InChI is InChI=1S/C16H20N4O/c1-20(2)12-14-6-3-5-13(9-14)10-18-16(21)19-15-7-4-8-17-11-15/h3-9,11H,10,12H2,1-2H3,(H2,18,19,21). The summed E-state index contributed by atoms with van der Waals surface area (Å²) in [4.78, 5) is 17.9. The van der Waals surface area contributed by atoms with E-state index in [9.17, 15) is 4.79 Å². The molecule has 1 aromatic heterocycles. The Labute approximate surface area is 125 Å². The average molecular weight is 284 g/mol. The maximum absolute atomic E-state index is 11.8. The van der Waals surface area contributed by atoms with Crippen LogP contribution < -0.4 is 10.6 Å². The van der Waals surface area contributed by atoms with Crippen LogP contribution in [0.5, 0.6) is 0 Å². The summed E-state index contributed by atoms with van der Waals surface area (Å²) in [6.45, 7) is 1.38. The zero-order chi connectivity index (χ0) is 15.1. The third-order valence-corrected chi connectivity index (χ3v) is 2.86. The van der Waals surface area contributed by atoms with E-state index in [0.717, 1.165) is 12.1 Å². The van der Waals surface area contributed by atoms with Crippen molar-refractivity contribution in [3.05, 3.63) is 59.9 Å². The molecule has 2 aromatic rings. The highest BCUT2D eigenvalue weighted by Crippen LogP contribution is 2.07. The first-order valence-corrected chi connectivity index (χ1v) is 6.81. The van der Waals surface area contributed by atoms with E-state index in [1.54, 1.807) is 24.5 Å². The number of amides is 2. The number of anilines is 1. The summed E-state index contributed by atoms with van der Waals surface area (Å²) in [5.74, 6) is 0. The van der Waals surface area contributed by atoms with E-state index in [2.05, 4.69) is 32.7 Å². The third-order valence-electron chi connectivity index (χ3n) is 2.86. The van der Waals surface area contributed by atoms with Gasteiger partial charge < -0.3 is 15.5 Å². The van der Waals surface area contributed by atoms with Crippen LogP contribution in [0.4, 0.5) is 10.5 Å². The molecule has 0 saturated heterocycles. The number of hydrogen-bond acceptors (Lipinski definition) is 3. The Bertz CT molecular complexity index is 584. The second-order valence-electron chi connectivity index (χ2n) is 5.11.